The lowest BCUT2D eigenvalue weighted by atomic mass is 10.2. The third-order valence-electron chi connectivity index (χ3n) is 3.78. The number of fused-ring (bicyclic) bond motifs is 1. The summed E-state index contributed by atoms with van der Waals surface area (Å²) < 4.78 is 18.7. The number of ether oxygens (including phenoxy) is 3. The van der Waals surface area contributed by atoms with Gasteiger partial charge in [-0.2, -0.15) is 0 Å². The molecule has 1 unspecified atom stereocenters. The predicted octanol–water partition coefficient (Wildman–Crippen LogP) is 3.38. The van der Waals surface area contributed by atoms with Crippen LogP contribution in [0.2, 0.25) is 0 Å². The first-order valence-corrected chi connectivity index (χ1v) is 7.84. The van der Waals surface area contributed by atoms with Gasteiger partial charge in [-0.15, -0.1) is 0 Å². The summed E-state index contributed by atoms with van der Waals surface area (Å²) in [5, 5.41) is 9.13. The molecule has 0 saturated heterocycles. The number of pyridine rings is 1. The second-order valence-corrected chi connectivity index (χ2v) is 5.53. The molecule has 2 heterocycles. The maximum absolute atomic E-state index is 11.2. The standard InChI is InChI=1S/C19H19NO5/c1-13(19(21)22)25-18-16(23-2)11-20-10-6-9-15(17(18)20)24-12-14-7-4-3-5-8-14/h3-11,13H,12H2,1-2H3,(H,21,22). The topological polar surface area (TPSA) is 69.4 Å². The van der Waals surface area contributed by atoms with Crippen molar-refractivity contribution in [1.29, 1.82) is 0 Å². The van der Waals surface area contributed by atoms with Crippen molar-refractivity contribution < 1.29 is 24.1 Å². The monoisotopic (exact) mass is 341 g/mol. The summed E-state index contributed by atoms with van der Waals surface area (Å²) in [6, 6.07) is 13.4. The third kappa shape index (κ3) is 3.52. The number of aromatic nitrogens is 1. The van der Waals surface area contributed by atoms with Crippen LogP contribution in [0.1, 0.15) is 12.5 Å². The first kappa shape index (κ1) is 16.7. The molecule has 130 valence electrons. The van der Waals surface area contributed by atoms with Gasteiger partial charge in [0, 0.05) is 6.20 Å². The molecule has 25 heavy (non-hydrogen) atoms. The highest BCUT2D eigenvalue weighted by Crippen LogP contribution is 2.39. The molecule has 0 spiro atoms. The summed E-state index contributed by atoms with van der Waals surface area (Å²) >= 11 is 0. The van der Waals surface area contributed by atoms with Crippen molar-refractivity contribution >= 4 is 11.5 Å². The van der Waals surface area contributed by atoms with Crippen LogP contribution >= 0.6 is 0 Å². The minimum atomic E-state index is -1.05. The summed E-state index contributed by atoms with van der Waals surface area (Å²) in [6.45, 7) is 1.86. The molecule has 0 aliphatic carbocycles. The van der Waals surface area contributed by atoms with Crippen molar-refractivity contribution in [3.8, 4) is 17.2 Å². The van der Waals surface area contributed by atoms with Crippen LogP contribution < -0.4 is 14.2 Å². The highest BCUT2D eigenvalue weighted by atomic mass is 16.5. The Bertz CT molecular complexity index is 872. The largest absolute Gasteiger partial charge is 0.491 e. The van der Waals surface area contributed by atoms with E-state index >= 15 is 0 Å². The van der Waals surface area contributed by atoms with Crippen molar-refractivity contribution in [1.82, 2.24) is 4.40 Å². The van der Waals surface area contributed by atoms with E-state index in [4.69, 9.17) is 19.3 Å². The Labute approximate surface area is 145 Å². The zero-order valence-electron chi connectivity index (χ0n) is 14.0. The molecule has 0 amide bonds. The molecular weight excluding hydrogens is 322 g/mol. The number of hydrogen-bond acceptors (Lipinski definition) is 4. The molecule has 0 aliphatic heterocycles. The van der Waals surface area contributed by atoms with Gasteiger partial charge >= 0.3 is 5.97 Å². The van der Waals surface area contributed by atoms with Crippen LogP contribution in [-0.4, -0.2) is 28.7 Å². The Morgan fingerprint density at radius 2 is 1.92 bits per heavy atom. The average Bonchev–Trinajstić information content (AvgIpc) is 2.99. The number of rotatable bonds is 7. The van der Waals surface area contributed by atoms with Crippen LogP contribution in [0.25, 0.3) is 5.52 Å². The average molecular weight is 341 g/mol. The van der Waals surface area contributed by atoms with Gasteiger partial charge in [-0.25, -0.2) is 4.79 Å². The van der Waals surface area contributed by atoms with Crippen molar-refractivity contribution in [2.45, 2.75) is 19.6 Å². The molecule has 3 rings (SSSR count). The minimum absolute atomic E-state index is 0.348. The van der Waals surface area contributed by atoms with E-state index in [9.17, 15) is 4.79 Å². The maximum atomic E-state index is 11.2. The molecule has 3 aromatic rings. The molecule has 6 nitrogen and oxygen atoms in total. The summed E-state index contributed by atoms with van der Waals surface area (Å²) in [5.41, 5.74) is 1.66. The highest BCUT2D eigenvalue weighted by molar-refractivity contribution is 5.77. The zero-order valence-corrected chi connectivity index (χ0v) is 14.0. The van der Waals surface area contributed by atoms with E-state index in [2.05, 4.69) is 0 Å². The van der Waals surface area contributed by atoms with Crippen molar-refractivity contribution in [2.24, 2.45) is 0 Å². The minimum Gasteiger partial charge on any atom is -0.491 e. The van der Waals surface area contributed by atoms with Gasteiger partial charge in [0.25, 0.3) is 0 Å². The molecular formula is C19H19NO5. The number of benzene rings is 1. The summed E-state index contributed by atoms with van der Waals surface area (Å²) in [7, 11) is 1.51. The van der Waals surface area contributed by atoms with Crippen LogP contribution in [0.15, 0.2) is 54.9 Å². The van der Waals surface area contributed by atoms with Gasteiger partial charge < -0.3 is 23.7 Å². The number of nitrogens with zero attached hydrogens (tertiary/aromatic N) is 1. The fraction of sp³-hybridized carbons (Fsp3) is 0.211. The SMILES string of the molecule is COc1cn2cccc(OCc3ccccc3)c2c1OC(C)C(=O)O. The quantitative estimate of drug-likeness (QED) is 0.713. The van der Waals surface area contributed by atoms with E-state index in [1.165, 1.54) is 14.0 Å². The normalized spacial score (nSPS) is 11.9. The van der Waals surface area contributed by atoms with Crippen LogP contribution in [0.3, 0.4) is 0 Å². The summed E-state index contributed by atoms with van der Waals surface area (Å²) in [5.74, 6) is 0.330. The number of aliphatic carboxylic acids is 1. The molecule has 2 aromatic heterocycles. The molecule has 6 heteroatoms. The van der Waals surface area contributed by atoms with Crippen LogP contribution in [0.4, 0.5) is 0 Å². The number of carboxylic acid groups (broad SMARTS) is 1. The molecule has 0 radical (unpaired) electrons. The number of carboxylic acids is 1. The third-order valence-corrected chi connectivity index (χ3v) is 3.78. The lowest BCUT2D eigenvalue weighted by Crippen LogP contribution is -2.23. The summed E-state index contributed by atoms with van der Waals surface area (Å²) in [4.78, 5) is 11.2. The van der Waals surface area contributed by atoms with Gasteiger partial charge in [-0.1, -0.05) is 30.3 Å². The summed E-state index contributed by atoms with van der Waals surface area (Å²) in [6.07, 6.45) is 2.54. The maximum Gasteiger partial charge on any atom is 0.344 e. The molecule has 0 aliphatic rings. The van der Waals surface area contributed by atoms with Gasteiger partial charge in [-0.3, -0.25) is 0 Å². The van der Waals surface area contributed by atoms with E-state index in [-0.39, 0.29) is 0 Å². The van der Waals surface area contributed by atoms with E-state index in [0.717, 1.165) is 5.56 Å². The first-order valence-electron chi connectivity index (χ1n) is 7.84. The van der Waals surface area contributed by atoms with E-state index in [1.54, 1.807) is 10.6 Å². The van der Waals surface area contributed by atoms with E-state index in [0.29, 0.717) is 29.4 Å². The van der Waals surface area contributed by atoms with Gasteiger partial charge in [0.2, 0.25) is 0 Å². The smallest absolute Gasteiger partial charge is 0.344 e. The van der Waals surface area contributed by atoms with Crippen LogP contribution in [0, 0.1) is 0 Å². The first-order chi connectivity index (χ1) is 12.1. The molecule has 0 bridgehead atoms. The van der Waals surface area contributed by atoms with Crippen LogP contribution in [0.5, 0.6) is 17.2 Å². The number of methoxy groups -OCH3 is 1. The lowest BCUT2D eigenvalue weighted by molar-refractivity contribution is -0.144. The molecule has 0 saturated carbocycles. The van der Waals surface area contributed by atoms with Gasteiger partial charge in [0.15, 0.2) is 17.6 Å². The highest BCUT2D eigenvalue weighted by Gasteiger charge is 2.22. The predicted molar refractivity (Wildman–Crippen MR) is 92.4 cm³/mol. The zero-order chi connectivity index (χ0) is 17.8. The van der Waals surface area contributed by atoms with Gasteiger partial charge in [0.1, 0.15) is 17.9 Å². The Balaban J connectivity index is 1.97. The molecule has 0 fully saturated rings. The fourth-order valence-electron chi connectivity index (χ4n) is 2.48. The number of hydrogen-bond donors (Lipinski definition) is 1. The Kier molecular flexibility index (Phi) is 4.79. The van der Waals surface area contributed by atoms with Crippen LogP contribution in [-0.2, 0) is 11.4 Å². The molecule has 1 N–H and O–H groups in total. The Morgan fingerprint density at radius 3 is 2.60 bits per heavy atom. The second kappa shape index (κ2) is 7.17. The van der Waals surface area contributed by atoms with Crippen molar-refractivity contribution in [3.05, 3.63) is 60.4 Å². The van der Waals surface area contributed by atoms with E-state index in [1.807, 2.05) is 48.7 Å². The number of carbonyl (C=O) groups is 1. The Hall–Kier alpha value is -3.15. The Morgan fingerprint density at radius 1 is 1.16 bits per heavy atom. The van der Waals surface area contributed by atoms with Gasteiger partial charge in [-0.05, 0) is 24.6 Å². The lowest BCUT2D eigenvalue weighted by Gasteiger charge is -2.13. The van der Waals surface area contributed by atoms with Crippen molar-refractivity contribution in [2.75, 3.05) is 7.11 Å². The molecule has 1 aromatic carbocycles. The van der Waals surface area contributed by atoms with Crippen molar-refractivity contribution in [3.63, 3.8) is 0 Å². The fourth-order valence-corrected chi connectivity index (χ4v) is 2.48. The van der Waals surface area contributed by atoms with Gasteiger partial charge in [0.05, 0.1) is 13.3 Å². The van der Waals surface area contributed by atoms with E-state index < -0.39 is 12.1 Å². The molecule has 1 atom stereocenters. The second-order valence-electron chi connectivity index (χ2n) is 5.53.